The first kappa shape index (κ1) is 28.5. The van der Waals surface area contributed by atoms with Gasteiger partial charge in [-0.05, 0) is 73.5 Å². The van der Waals surface area contributed by atoms with Crippen LogP contribution in [0.3, 0.4) is 0 Å². The van der Waals surface area contributed by atoms with Crippen molar-refractivity contribution in [2.75, 3.05) is 38.8 Å². The highest BCUT2D eigenvalue weighted by Crippen LogP contribution is 2.25. The number of thioether (sulfide) groups is 1. The molecule has 38 heavy (non-hydrogen) atoms. The smallest absolute Gasteiger partial charge is 0.328 e. The van der Waals surface area contributed by atoms with Crippen LogP contribution in [0.1, 0.15) is 37.7 Å². The molecule has 4 atom stereocenters. The van der Waals surface area contributed by atoms with E-state index in [9.17, 15) is 14.4 Å². The summed E-state index contributed by atoms with van der Waals surface area (Å²) in [6.45, 7) is 2.16. The number of fused-ring (bicyclic) bond motifs is 1. The minimum Gasteiger partial charge on any atom is -0.467 e. The predicted octanol–water partition coefficient (Wildman–Crippen LogP) is 2.49. The van der Waals surface area contributed by atoms with E-state index < -0.39 is 18.1 Å². The molecule has 2 aromatic rings. The Balaban J connectivity index is 1.64. The van der Waals surface area contributed by atoms with Crippen LogP contribution in [0.4, 0.5) is 0 Å². The van der Waals surface area contributed by atoms with Crippen molar-refractivity contribution in [1.29, 1.82) is 0 Å². The van der Waals surface area contributed by atoms with Crippen LogP contribution in [-0.4, -0.2) is 85.5 Å². The monoisotopic (exact) mass is 540 g/mol. The van der Waals surface area contributed by atoms with E-state index in [1.807, 2.05) is 29.4 Å². The zero-order chi connectivity index (χ0) is 26.9. The number of amides is 1. The molecule has 9 heteroatoms. The number of carbonyl (C=O) groups is 3. The van der Waals surface area contributed by atoms with E-state index in [4.69, 9.17) is 4.74 Å². The van der Waals surface area contributed by atoms with E-state index in [-0.39, 0.29) is 30.3 Å². The first-order valence-corrected chi connectivity index (χ1v) is 15.0. The molecule has 2 heterocycles. The van der Waals surface area contributed by atoms with Gasteiger partial charge in [0.1, 0.15) is 6.04 Å². The van der Waals surface area contributed by atoms with Crippen molar-refractivity contribution in [3.63, 3.8) is 0 Å². The zero-order valence-electron chi connectivity index (χ0n) is 22.4. The third-order valence-electron chi connectivity index (χ3n) is 7.60. The average Bonchev–Trinajstić information content (AvgIpc) is 3.66. The van der Waals surface area contributed by atoms with Gasteiger partial charge >= 0.3 is 5.97 Å². The van der Waals surface area contributed by atoms with Crippen molar-refractivity contribution in [2.24, 2.45) is 0 Å². The fourth-order valence-corrected chi connectivity index (χ4v) is 6.17. The quantitative estimate of drug-likeness (QED) is 0.334. The van der Waals surface area contributed by atoms with Gasteiger partial charge in [-0.3, -0.25) is 14.5 Å². The second-order valence-corrected chi connectivity index (χ2v) is 11.2. The average molecular weight is 541 g/mol. The number of esters is 1. The Morgan fingerprint density at radius 3 is 2.55 bits per heavy atom. The summed E-state index contributed by atoms with van der Waals surface area (Å²) in [6, 6.07) is 13.0. The molecular formula is C29H40N4O4S. The highest BCUT2D eigenvalue weighted by molar-refractivity contribution is 7.98. The molecule has 2 aliphatic rings. The van der Waals surface area contributed by atoms with Crippen molar-refractivity contribution < 1.29 is 19.1 Å². The Kier molecular flexibility index (Phi) is 10.6. The van der Waals surface area contributed by atoms with Gasteiger partial charge in [-0.25, -0.2) is 4.79 Å². The van der Waals surface area contributed by atoms with Gasteiger partial charge in [0.15, 0.2) is 5.78 Å². The molecule has 8 nitrogen and oxygen atoms in total. The molecule has 206 valence electrons. The molecule has 0 spiro atoms. The van der Waals surface area contributed by atoms with Gasteiger partial charge < -0.3 is 20.7 Å². The normalized spacial score (nSPS) is 20.9. The molecular weight excluding hydrogens is 500 g/mol. The van der Waals surface area contributed by atoms with Crippen LogP contribution in [0, 0.1) is 0 Å². The molecule has 0 bridgehead atoms. The number of ether oxygens (including phenoxy) is 1. The van der Waals surface area contributed by atoms with Gasteiger partial charge in [-0.2, -0.15) is 11.8 Å². The molecule has 2 fully saturated rings. The number of methoxy groups -OCH3 is 1. The number of Topliss-reactive ketones (excluding diaryl/α,β-unsaturated/α-hetero) is 1. The van der Waals surface area contributed by atoms with Gasteiger partial charge in [0.05, 0.1) is 25.7 Å². The highest BCUT2D eigenvalue weighted by atomic mass is 32.2. The third kappa shape index (κ3) is 7.14. The molecule has 2 aromatic carbocycles. The lowest BCUT2D eigenvalue weighted by Gasteiger charge is -2.36. The Labute approximate surface area is 229 Å². The van der Waals surface area contributed by atoms with E-state index >= 15 is 0 Å². The van der Waals surface area contributed by atoms with Crippen LogP contribution < -0.4 is 16.0 Å². The first-order chi connectivity index (χ1) is 18.5. The van der Waals surface area contributed by atoms with Crippen LogP contribution >= 0.6 is 11.8 Å². The highest BCUT2D eigenvalue weighted by Gasteiger charge is 2.40. The summed E-state index contributed by atoms with van der Waals surface area (Å²) in [4.78, 5) is 41.8. The Morgan fingerprint density at radius 2 is 1.84 bits per heavy atom. The fourth-order valence-electron chi connectivity index (χ4n) is 5.70. The largest absolute Gasteiger partial charge is 0.467 e. The van der Waals surface area contributed by atoms with E-state index in [0.717, 1.165) is 60.9 Å². The van der Waals surface area contributed by atoms with Crippen molar-refractivity contribution in [1.82, 2.24) is 20.9 Å². The van der Waals surface area contributed by atoms with Crippen LogP contribution in [0.2, 0.25) is 0 Å². The number of hydrogen-bond acceptors (Lipinski definition) is 8. The summed E-state index contributed by atoms with van der Waals surface area (Å²) in [5.74, 6) is 0.132. The topological polar surface area (TPSA) is 99.8 Å². The van der Waals surface area contributed by atoms with E-state index in [1.54, 1.807) is 11.8 Å². The number of ketones is 1. The lowest BCUT2D eigenvalue weighted by atomic mass is 9.93. The molecule has 0 aromatic heterocycles. The third-order valence-corrected chi connectivity index (χ3v) is 8.24. The van der Waals surface area contributed by atoms with E-state index in [1.165, 1.54) is 7.11 Å². The second kappa shape index (κ2) is 14.1. The molecule has 3 N–H and O–H groups in total. The molecule has 0 aliphatic carbocycles. The molecule has 1 unspecified atom stereocenters. The van der Waals surface area contributed by atoms with Gasteiger partial charge in [0, 0.05) is 12.6 Å². The number of benzene rings is 2. The number of hydrogen-bond donors (Lipinski definition) is 3. The fraction of sp³-hybridized carbons (Fsp3) is 0.552. The van der Waals surface area contributed by atoms with Crippen LogP contribution in [0.25, 0.3) is 10.8 Å². The molecule has 1 amide bonds. The molecule has 2 saturated heterocycles. The summed E-state index contributed by atoms with van der Waals surface area (Å²) >= 11 is 1.61. The maximum Gasteiger partial charge on any atom is 0.328 e. The standard InChI is InChI=1S/C29H40N4O4S/c1-37-29(36)25(14-17-38-2)32-26(34)19-33(18-21-10-5-9-20-8-3-4-11-22(20)21)27(23-12-6-15-30-23)28(35)24-13-7-16-31-24/h3-5,8-11,23-25,27,30-31H,6-7,12-19H2,1-2H3,(H,32,34)/t23-,24-,25-,27?/m0/s1. The minimum atomic E-state index is -0.713. The van der Waals surface area contributed by atoms with Crippen LogP contribution in [0.15, 0.2) is 42.5 Å². The van der Waals surface area contributed by atoms with Crippen molar-refractivity contribution in [3.8, 4) is 0 Å². The zero-order valence-corrected chi connectivity index (χ0v) is 23.2. The Morgan fingerprint density at radius 1 is 1.08 bits per heavy atom. The van der Waals surface area contributed by atoms with Crippen molar-refractivity contribution in [3.05, 3.63) is 48.0 Å². The van der Waals surface area contributed by atoms with E-state index in [0.29, 0.717) is 13.0 Å². The Hall–Kier alpha value is -2.46. The summed E-state index contributed by atoms with van der Waals surface area (Å²) < 4.78 is 4.94. The van der Waals surface area contributed by atoms with Crippen LogP contribution in [-0.2, 0) is 25.7 Å². The van der Waals surface area contributed by atoms with Gasteiger partial charge in [-0.1, -0.05) is 42.5 Å². The number of carbonyl (C=O) groups excluding carboxylic acids is 3. The first-order valence-electron chi connectivity index (χ1n) is 13.6. The van der Waals surface area contributed by atoms with Crippen molar-refractivity contribution >= 4 is 40.2 Å². The number of rotatable bonds is 13. The second-order valence-electron chi connectivity index (χ2n) is 10.2. The number of nitrogens with one attached hydrogen (secondary N) is 3. The summed E-state index contributed by atoms with van der Waals surface area (Å²) in [5, 5.41) is 12.0. The van der Waals surface area contributed by atoms with Gasteiger partial charge in [-0.15, -0.1) is 0 Å². The summed E-state index contributed by atoms with van der Waals surface area (Å²) in [5.41, 5.74) is 1.07. The van der Waals surface area contributed by atoms with Crippen LogP contribution in [0.5, 0.6) is 0 Å². The molecule has 0 radical (unpaired) electrons. The molecule has 4 rings (SSSR count). The predicted molar refractivity (Wildman–Crippen MR) is 152 cm³/mol. The maximum absolute atomic E-state index is 14.0. The van der Waals surface area contributed by atoms with Gasteiger partial charge in [0.2, 0.25) is 5.91 Å². The summed E-state index contributed by atoms with van der Waals surface area (Å²) in [6.07, 6.45) is 6.12. The maximum atomic E-state index is 14.0. The van der Waals surface area contributed by atoms with E-state index in [2.05, 4.69) is 40.2 Å². The Bertz CT molecular complexity index is 1100. The molecule has 0 saturated carbocycles. The summed E-state index contributed by atoms with van der Waals surface area (Å²) in [7, 11) is 1.34. The lowest BCUT2D eigenvalue weighted by molar-refractivity contribution is -0.145. The van der Waals surface area contributed by atoms with Gasteiger partial charge in [0.25, 0.3) is 0 Å². The minimum absolute atomic E-state index is 0.0112. The number of nitrogens with zero attached hydrogens (tertiary/aromatic N) is 1. The molecule has 2 aliphatic heterocycles. The van der Waals surface area contributed by atoms with Crippen molar-refractivity contribution in [2.45, 2.75) is 62.8 Å². The lowest BCUT2D eigenvalue weighted by Crippen LogP contribution is -2.58. The SMILES string of the molecule is COC(=O)[C@H](CCSC)NC(=O)CN(Cc1cccc2ccccc12)C(C(=O)[C@@H]1CCCN1)[C@@H]1CCCN1.